The number of rotatable bonds is 5. The Morgan fingerprint density at radius 3 is 2.56 bits per heavy atom. The Bertz CT molecular complexity index is 393. The van der Waals surface area contributed by atoms with Gasteiger partial charge in [0.25, 0.3) is 0 Å². The highest BCUT2D eigenvalue weighted by atomic mass is 19.4. The van der Waals surface area contributed by atoms with E-state index in [-0.39, 0.29) is 5.75 Å². The summed E-state index contributed by atoms with van der Waals surface area (Å²) in [5.74, 6) is 0.420. The number of ether oxygens (including phenoxy) is 2. The zero-order chi connectivity index (χ0) is 13.8. The van der Waals surface area contributed by atoms with Crippen LogP contribution in [0.2, 0.25) is 0 Å². The summed E-state index contributed by atoms with van der Waals surface area (Å²) in [6.45, 7) is 3.31. The summed E-state index contributed by atoms with van der Waals surface area (Å²) in [6, 6.07) is 4.22. The third-order valence-electron chi connectivity index (χ3n) is 2.22. The van der Waals surface area contributed by atoms with Crippen molar-refractivity contribution in [2.24, 2.45) is 0 Å². The van der Waals surface area contributed by atoms with Crippen LogP contribution in [0.3, 0.4) is 0 Å². The zero-order valence-corrected chi connectivity index (χ0v) is 10.3. The summed E-state index contributed by atoms with van der Waals surface area (Å²) < 4.78 is 47.1. The molecule has 0 saturated heterocycles. The second-order valence-electron chi connectivity index (χ2n) is 3.85. The standard InChI is InChI=1S/C12H16F3NO2/c1-3-6-17-11-7-9(4-5-10(11)16)18-8(2)12(13,14)15/h4-5,7-8H,3,6,16H2,1-2H3. The first-order valence-corrected chi connectivity index (χ1v) is 5.60. The van der Waals surface area contributed by atoms with Crippen LogP contribution >= 0.6 is 0 Å². The van der Waals surface area contributed by atoms with Crippen LogP contribution in [0.4, 0.5) is 18.9 Å². The van der Waals surface area contributed by atoms with Gasteiger partial charge in [-0.15, -0.1) is 0 Å². The maximum Gasteiger partial charge on any atom is 0.425 e. The summed E-state index contributed by atoms with van der Waals surface area (Å²) in [7, 11) is 0. The van der Waals surface area contributed by atoms with Gasteiger partial charge in [-0.1, -0.05) is 6.92 Å². The molecule has 0 bridgehead atoms. The number of nitrogen functional groups attached to an aromatic ring is 1. The smallest absolute Gasteiger partial charge is 0.425 e. The molecule has 0 amide bonds. The molecule has 0 aromatic heterocycles. The molecule has 1 rings (SSSR count). The molecular formula is C12H16F3NO2. The normalized spacial score (nSPS) is 13.2. The predicted octanol–water partition coefficient (Wildman–Crippen LogP) is 3.39. The van der Waals surface area contributed by atoms with E-state index < -0.39 is 12.3 Å². The first kappa shape index (κ1) is 14.5. The quantitative estimate of drug-likeness (QED) is 0.828. The highest BCUT2D eigenvalue weighted by Gasteiger charge is 2.38. The molecule has 0 aliphatic rings. The minimum atomic E-state index is -4.40. The van der Waals surface area contributed by atoms with Gasteiger partial charge >= 0.3 is 6.18 Å². The average molecular weight is 263 g/mol. The fourth-order valence-electron chi connectivity index (χ4n) is 1.20. The molecular weight excluding hydrogens is 247 g/mol. The molecule has 1 atom stereocenters. The maximum atomic E-state index is 12.3. The summed E-state index contributed by atoms with van der Waals surface area (Å²) in [6.07, 6.45) is -5.49. The van der Waals surface area contributed by atoms with Crippen molar-refractivity contribution in [3.05, 3.63) is 18.2 Å². The molecule has 1 aromatic rings. The molecule has 2 N–H and O–H groups in total. The van der Waals surface area contributed by atoms with E-state index in [4.69, 9.17) is 15.2 Å². The topological polar surface area (TPSA) is 44.5 Å². The fourth-order valence-corrected chi connectivity index (χ4v) is 1.20. The van der Waals surface area contributed by atoms with Gasteiger partial charge in [-0.25, -0.2) is 0 Å². The molecule has 1 unspecified atom stereocenters. The van der Waals surface area contributed by atoms with Gasteiger partial charge in [0.1, 0.15) is 11.5 Å². The largest absolute Gasteiger partial charge is 0.491 e. The molecule has 0 heterocycles. The molecule has 0 fully saturated rings. The molecule has 3 nitrogen and oxygen atoms in total. The van der Waals surface area contributed by atoms with Crippen LogP contribution in [-0.2, 0) is 0 Å². The van der Waals surface area contributed by atoms with Crippen LogP contribution < -0.4 is 15.2 Å². The molecule has 0 radical (unpaired) electrons. The van der Waals surface area contributed by atoms with E-state index in [1.165, 1.54) is 18.2 Å². The summed E-state index contributed by atoms with van der Waals surface area (Å²) in [4.78, 5) is 0. The lowest BCUT2D eigenvalue weighted by molar-refractivity contribution is -0.189. The minimum absolute atomic E-state index is 0.0835. The molecule has 6 heteroatoms. The van der Waals surface area contributed by atoms with Gasteiger partial charge in [-0.3, -0.25) is 0 Å². The van der Waals surface area contributed by atoms with Crippen molar-refractivity contribution in [2.45, 2.75) is 32.5 Å². The van der Waals surface area contributed by atoms with Crippen LogP contribution in [0.15, 0.2) is 18.2 Å². The Kier molecular flexibility index (Phi) is 4.69. The van der Waals surface area contributed by atoms with Crippen LogP contribution in [0.25, 0.3) is 0 Å². The maximum absolute atomic E-state index is 12.3. The lowest BCUT2D eigenvalue weighted by Crippen LogP contribution is -2.31. The van der Waals surface area contributed by atoms with Crippen molar-refractivity contribution < 1.29 is 22.6 Å². The highest BCUT2D eigenvalue weighted by molar-refractivity contribution is 5.55. The highest BCUT2D eigenvalue weighted by Crippen LogP contribution is 2.30. The Morgan fingerprint density at radius 1 is 1.33 bits per heavy atom. The number of anilines is 1. The van der Waals surface area contributed by atoms with Gasteiger partial charge in [-0.2, -0.15) is 13.2 Å². The van der Waals surface area contributed by atoms with E-state index >= 15 is 0 Å². The Labute approximate surface area is 104 Å². The van der Waals surface area contributed by atoms with Gasteiger partial charge in [0.05, 0.1) is 12.3 Å². The molecule has 18 heavy (non-hydrogen) atoms. The van der Waals surface area contributed by atoms with Crippen molar-refractivity contribution in [1.82, 2.24) is 0 Å². The molecule has 1 aromatic carbocycles. The number of hydrogen-bond donors (Lipinski definition) is 1. The monoisotopic (exact) mass is 263 g/mol. The Hall–Kier alpha value is -1.59. The van der Waals surface area contributed by atoms with E-state index in [0.29, 0.717) is 18.0 Å². The van der Waals surface area contributed by atoms with Crippen molar-refractivity contribution in [2.75, 3.05) is 12.3 Å². The van der Waals surface area contributed by atoms with Crippen molar-refractivity contribution in [3.63, 3.8) is 0 Å². The van der Waals surface area contributed by atoms with Gasteiger partial charge in [0, 0.05) is 6.07 Å². The number of alkyl halides is 3. The molecule has 0 aliphatic heterocycles. The molecule has 0 aliphatic carbocycles. The lowest BCUT2D eigenvalue weighted by Gasteiger charge is -2.18. The van der Waals surface area contributed by atoms with Gasteiger partial charge in [0.2, 0.25) is 0 Å². The SMILES string of the molecule is CCCOc1cc(OC(C)C(F)(F)F)ccc1N. The van der Waals surface area contributed by atoms with Crippen molar-refractivity contribution >= 4 is 5.69 Å². The number of benzene rings is 1. The van der Waals surface area contributed by atoms with Crippen LogP contribution in [0, 0.1) is 0 Å². The zero-order valence-electron chi connectivity index (χ0n) is 10.3. The minimum Gasteiger partial charge on any atom is -0.491 e. The van der Waals surface area contributed by atoms with Gasteiger partial charge in [0.15, 0.2) is 6.10 Å². The van der Waals surface area contributed by atoms with Gasteiger partial charge < -0.3 is 15.2 Å². The predicted molar refractivity (Wildman–Crippen MR) is 62.8 cm³/mol. The number of hydrogen-bond acceptors (Lipinski definition) is 3. The first-order chi connectivity index (χ1) is 8.34. The van der Waals surface area contributed by atoms with Crippen molar-refractivity contribution in [1.29, 1.82) is 0 Å². The van der Waals surface area contributed by atoms with E-state index in [9.17, 15) is 13.2 Å². The molecule has 102 valence electrons. The van der Waals surface area contributed by atoms with E-state index in [1.54, 1.807) is 0 Å². The van der Waals surface area contributed by atoms with E-state index in [2.05, 4.69) is 0 Å². The second-order valence-corrected chi connectivity index (χ2v) is 3.85. The molecule has 0 spiro atoms. The summed E-state index contributed by atoms with van der Waals surface area (Å²) in [5, 5.41) is 0. The summed E-state index contributed by atoms with van der Waals surface area (Å²) >= 11 is 0. The Balaban J connectivity index is 2.78. The van der Waals surface area contributed by atoms with Crippen LogP contribution in [-0.4, -0.2) is 18.9 Å². The number of nitrogens with two attached hydrogens (primary N) is 1. The van der Waals surface area contributed by atoms with Crippen LogP contribution in [0.1, 0.15) is 20.3 Å². The fraction of sp³-hybridized carbons (Fsp3) is 0.500. The second kappa shape index (κ2) is 5.84. The third-order valence-corrected chi connectivity index (χ3v) is 2.22. The van der Waals surface area contributed by atoms with Gasteiger partial charge in [-0.05, 0) is 25.5 Å². The first-order valence-electron chi connectivity index (χ1n) is 5.60. The average Bonchev–Trinajstić information content (AvgIpc) is 2.28. The van der Waals surface area contributed by atoms with Crippen LogP contribution in [0.5, 0.6) is 11.5 Å². The van der Waals surface area contributed by atoms with E-state index in [0.717, 1.165) is 13.3 Å². The number of halogens is 3. The summed E-state index contributed by atoms with van der Waals surface area (Å²) in [5.41, 5.74) is 6.01. The molecule has 0 saturated carbocycles. The lowest BCUT2D eigenvalue weighted by atomic mass is 10.2. The van der Waals surface area contributed by atoms with Crippen molar-refractivity contribution in [3.8, 4) is 11.5 Å². The van der Waals surface area contributed by atoms with E-state index in [1.807, 2.05) is 6.92 Å². The third kappa shape index (κ3) is 4.01. The Morgan fingerprint density at radius 2 is 2.00 bits per heavy atom.